The van der Waals surface area contributed by atoms with Gasteiger partial charge < -0.3 is 5.11 Å². The number of unbranched alkanes of at least 4 members (excludes halogenated alkanes) is 6. The zero-order valence-electron chi connectivity index (χ0n) is 18.5. The van der Waals surface area contributed by atoms with Gasteiger partial charge in [-0.05, 0) is 30.4 Å². The fraction of sp³-hybridized carbons (Fsp3) is 0.500. The molecule has 0 saturated heterocycles. The Morgan fingerprint density at radius 1 is 0.933 bits per heavy atom. The van der Waals surface area contributed by atoms with Gasteiger partial charge in [0.2, 0.25) is 0 Å². The number of carboxylic acid groups (broad SMARTS) is 1. The Morgan fingerprint density at radius 2 is 1.57 bits per heavy atom. The summed E-state index contributed by atoms with van der Waals surface area (Å²) in [6.45, 7) is 4.39. The van der Waals surface area contributed by atoms with Crippen molar-refractivity contribution in [3.05, 3.63) is 65.8 Å². The second-order valence-electron chi connectivity index (χ2n) is 7.98. The Bertz CT molecular complexity index is 769. The van der Waals surface area contributed by atoms with Crippen LogP contribution in [-0.2, 0) is 11.2 Å². The first-order valence-corrected chi connectivity index (χ1v) is 11.5. The lowest BCUT2D eigenvalue weighted by molar-refractivity contribution is -0.130. The van der Waals surface area contributed by atoms with Gasteiger partial charge in [-0.3, -0.25) is 0 Å². The van der Waals surface area contributed by atoms with Crippen LogP contribution in [0.1, 0.15) is 94.5 Å². The largest absolute Gasteiger partial charge is 0.478 e. The fourth-order valence-corrected chi connectivity index (χ4v) is 3.66. The van der Waals surface area contributed by atoms with Gasteiger partial charge in [-0.15, -0.1) is 0 Å². The van der Waals surface area contributed by atoms with Crippen molar-refractivity contribution >= 4 is 11.5 Å². The van der Waals surface area contributed by atoms with Crippen LogP contribution in [0.5, 0.6) is 0 Å². The van der Waals surface area contributed by atoms with E-state index in [1.54, 1.807) is 12.4 Å². The predicted octanol–water partition coefficient (Wildman–Crippen LogP) is 6.82. The van der Waals surface area contributed by atoms with Crippen molar-refractivity contribution < 1.29 is 9.90 Å². The van der Waals surface area contributed by atoms with Crippen LogP contribution in [0.25, 0.3) is 5.57 Å². The van der Waals surface area contributed by atoms with Gasteiger partial charge >= 0.3 is 5.97 Å². The summed E-state index contributed by atoms with van der Waals surface area (Å²) in [5.41, 5.74) is 2.40. The molecule has 0 aliphatic heterocycles. The van der Waals surface area contributed by atoms with Gasteiger partial charge in [-0.1, -0.05) is 95.2 Å². The summed E-state index contributed by atoms with van der Waals surface area (Å²) in [4.78, 5) is 20.8. The number of allylic oxidation sites excluding steroid dienone is 1. The topological polar surface area (TPSA) is 63.1 Å². The van der Waals surface area contributed by atoms with Crippen LogP contribution in [0.3, 0.4) is 0 Å². The first kappa shape index (κ1) is 23.8. The molecule has 0 radical (unpaired) electrons. The zero-order chi connectivity index (χ0) is 21.6. The van der Waals surface area contributed by atoms with Crippen LogP contribution in [0.4, 0.5) is 0 Å². The van der Waals surface area contributed by atoms with E-state index in [0.29, 0.717) is 5.82 Å². The van der Waals surface area contributed by atoms with Crippen molar-refractivity contribution in [3.8, 4) is 0 Å². The summed E-state index contributed by atoms with van der Waals surface area (Å²) in [7, 11) is 0. The molecule has 0 saturated carbocycles. The third-order valence-electron chi connectivity index (χ3n) is 5.46. The van der Waals surface area contributed by atoms with E-state index < -0.39 is 5.97 Å². The summed E-state index contributed by atoms with van der Waals surface area (Å²) >= 11 is 0. The SMILES string of the molecule is CCCCCCCc1cnc(/C(=C\C(CCCCC)c2ccccc2)C(=O)O)nc1. The number of carbonyl (C=O) groups is 1. The van der Waals surface area contributed by atoms with Gasteiger partial charge in [0.15, 0.2) is 5.82 Å². The maximum absolute atomic E-state index is 12.0. The van der Waals surface area contributed by atoms with Crippen molar-refractivity contribution in [1.82, 2.24) is 9.97 Å². The van der Waals surface area contributed by atoms with E-state index in [9.17, 15) is 9.90 Å². The van der Waals surface area contributed by atoms with Crippen LogP contribution in [0, 0.1) is 0 Å². The minimum atomic E-state index is -0.973. The van der Waals surface area contributed by atoms with E-state index in [0.717, 1.165) is 49.7 Å². The Kier molecular flexibility index (Phi) is 10.8. The summed E-state index contributed by atoms with van der Waals surface area (Å²) in [5, 5.41) is 9.84. The van der Waals surface area contributed by atoms with Crippen molar-refractivity contribution in [3.63, 3.8) is 0 Å². The van der Waals surface area contributed by atoms with Gasteiger partial charge in [-0.2, -0.15) is 0 Å². The van der Waals surface area contributed by atoms with Gasteiger partial charge in [0, 0.05) is 18.3 Å². The van der Waals surface area contributed by atoms with Crippen LogP contribution >= 0.6 is 0 Å². The Hall–Kier alpha value is -2.49. The Balaban J connectivity index is 2.15. The minimum Gasteiger partial charge on any atom is -0.478 e. The second kappa shape index (κ2) is 13.7. The highest BCUT2D eigenvalue weighted by Gasteiger charge is 2.18. The van der Waals surface area contributed by atoms with Crippen LogP contribution < -0.4 is 0 Å². The summed E-state index contributed by atoms with van der Waals surface area (Å²) in [5.74, 6) is -0.627. The van der Waals surface area contributed by atoms with E-state index >= 15 is 0 Å². The number of benzene rings is 1. The molecule has 0 amide bonds. The maximum Gasteiger partial charge on any atom is 0.339 e. The van der Waals surface area contributed by atoms with Crippen molar-refractivity contribution in [2.45, 2.75) is 84.0 Å². The van der Waals surface area contributed by atoms with Crippen LogP contribution in [0.2, 0.25) is 0 Å². The molecule has 2 aromatic rings. The Labute approximate surface area is 181 Å². The standard InChI is InChI=1S/C26H36N2O2/c1-3-5-7-8-11-14-21-19-27-25(28-20-21)24(26(29)30)18-23(17-10-6-4-2)22-15-12-9-13-16-22/h9,12-13,15-16,18-20,23H,3-8,10-11,14,17H2,1-2H3,(H,29,30)/b24-18+. The molecule has 1 heterocycles. The molecule has 0 fully saturated rings. The van der Waals surface area contributed by atoms with Gasteiger partial charge in [0.1, 0.15) is 5.57 Å². The molecular weight excluding hydrogens is 372 g/mol. The number of hydrogen-bond acceptors (Lipinski definition) is 3. The molecule has 4 heteroatoms. The predicted molar refractivity (Wildman–Crippen MR) is 123 cm³/mol. The number of rotatable bonds is 14. The smallest absolute Gasteiger partial charge is 0.339 e. The molecule has 162 valence electrons. The molecule has 30 heavy (non-hydrogen) atoms. The number of carboxylic acids is 1. The lowest BCUT2D eigenvalue weighted by Gasteiger charge is -2.15. The molecule has 1 N–H and O–H groups in total. The number of nitrogens with zero attached hydrogens (tertiary/aromatic N) is 2. The molecule has 4 nitrogen and oxygen atoms in total. The molecule has 0 spiro atoms. The van der Waals surface area contributed by atoms with Crippen LogP contribution in [-0.4, -0.2) is 21.0 Å². The highest BCUT2D eigenvalue weighted by molar-refractivity contribution is 6.14. The van der Waals surface area contributed by atoms with E-state index in [-0.39, 0.29) is 11.5 Å². The van der Waals surface area contributed by atoms with E-state index in [1.165, 1.54) is 25.7 Å². The molecule has 0 aliphatic rings. The summed E-state index contributed by atoms with van der Waals surface area (Å²) < 4.78 is 0. The molecule has 1 aromatic heterocycles. The number of aryl methyl sites for hydroxylation is 1. The lowest BCUT2D eigenvalue weighted by atomic mass is 9.91. The molecular formula is C26H36N2O2. The lowest BCUT2D eigenvalue weighted by Crippen LogP contribution is -2.07. The van der Waals surface area contributed by atoms with Crippen molar-refractivity contribution in [1.29, 1.82) is 0 Å². The molecule has 0 aliphatic carbocycles. The van der Waals surface area contributed by atoms with E-state index in [2.05, 4.69) is 35.9 Å². The maximum atomic E-state index is 12.0. The average Bonchev–Trinajstić information content (AvgIpc) is 2.77. The van der Waals surface area contributed by atoms with Gasteiger partial charge in [0.05, 0.1) is 0 Å². The molecule has 1 aromatic carbocycles. The molecule has 2 rings (SSSR count). The summed E-state index contributed by atoms with van der Waals surface area (Å²) in [6, 6.07) is 10.1. The minimum absolute atomic E-state index is 0.0469. The molecule has 0 bridgehead atoms. The second-order valence-corrected chi connectivity index (χ2v) is 7.98. The number of aromatic nitrogens is 2. The number of hydrogen-bond donors (Lipinski definition) is 1. The van der Waals surface area contributed by atoms with Crippen molar-refractivity contribution in [2.24, 2.45) is 0 Å². The highest BCUT2D eigenvalue weighted by Crippen LogP contribution is 2.27. The van der Waals surface area contributed by atoms with Gasteiger partial charge in [-0.25, -0.2) is 14.8 Å². The highest BCUT2D eigenvalue weighted by atomic mass is 16.4. The van der Waals surface area contributed by atoms with E-state index in [4.69, 9.17) is 0 Å². The fourth-order valence-electron chi connectivity index (χ4n) is 3.66. The van der Waals surface area contributed by atoms with E-state index in [1.807, 2.05) is 24.3 Å². The first-order valence-electron chi connectivity index (χ1n) is 11.5. The van der Waals surface area contributed by atoms with Crippen molar-refractivity contribution in [2.75, 3.05) is 0 Å². The first-order chi connectivity index (χ1) is 14.7. The third kappa shape index (κ3) is 8.10. The average molecular weight is 409 g/mol. The number of aliphatic carboxylic acids is 1. The quantitative estimate of drug-likeness (QED) is 0.275. The Morgan fingerprint density at radius 3 is 2.20 bits per heavy atom. The zero-order valence-corrected chi connectivity index (χ0v) is 18.5. The monoisotopic (exact) mass is 408 g/mol. The molecule has 1 atom stereocenters. The third-order valence-corrected chi connectivity index (χ3v) is 5.46. The summed E-state index contributed by atoms with van der Waals surface area (Å²) in [6.07, 6.45) is 16.7. The molecule has 1 unspecified atom stereocenters. The van der Waals surface area contributed by atoms with Crippen LogP contribution in [0.15, 0.2) is 48.8 Å². The normalized spacial score (nSPS) is 12.7. The van der Waals surface area contributed by atoms with Gasteiger partial charge in [0.25, 0.3) is 0 Å².